The van der Waals surface area contributed by atoms with Crippen molar-refractivity contribution in [2.24, 2.45) is 5.92 Å². The summed E-state index contributed by atoms with van der Waals surface area (Å²) in [6, 6.07) is 3.38. The van der Waals surface area contributed by atoms with Crippen LogP contribution in [-0.2, 0) is 4.79 Å². The maximum Gasteiger partial charge on any atom is 0.320 e. The topological polar surface area (TPSA) is 40.5 Å². The Morgan fingerprint density at radius 1 is 1.26 bits per heavy atom. The standard InChI is InChI=1S/C18H23F2NO2/c1-11(13-6-14(19)9-15(20)7-13)10-21-16-5-3-2-4-12(16)8-17(21)18(22)23/h6-7,9,11-12,16-17H,2-5,8,10H2,1H3,(H,22,23). The molecule has 1 aromatic carbocycles. The molecule has 1 saturated heterocycles. The second kappa shape index (κ2) is 6.56. The molecule has 4 atom stereocenters. The van der Waals surface area contributed by atoms with Crippen LogP contribution in [0.25, 0.3) is 0 Å². The molecule has 3 nitrogen and oxygen atoms in total. The zero-order valence-corrected chi connectivity index (χ0v) is 13.3. The van der Waals surface area contributed by atoms with E-state index in [0.29, 0.717) is 30.5 Å². The van der Waals surface area contributed by atoms with Crippen LogP contribution in [0.3, 0.4) is 0 Å². The Kier molecular flexibility index (Phi) is 4.67. The summed E-state index contributed by atoms with van der Waals surface area (Å²) in [6.45, 7) is 2.43. The van der Waals surface area contributed by atoms with Crippen LogP contribution >= 0.6 is 0 Å². The molecule has 23 heavy (non-hydrogen) atoms. The first-order chi connectivity index (χ1) is 11.0. The van der Waals surface area contributed by atoms with E-state index >= 15 is 0 Å². The number of hydrogen-bond donors (Lipinski definition) is 1. The number of halogens is 2. The van der Waals surface area contributed by atoms with Crippen LogP contribution in [0.5, 0.6) is 0 Å². The first-order valence-corrected chi connectivity index (χ1v) is 8.40. The molecule has 0 bridgehead atoms. The molecule has 126 valence electrons. The van der Waals surface area contributed by atoms with Crippen molar-refractivity contribution in [1.82, 2.24) is 4.90 Å². The largest absolute Gasteiger partial charge is 0.480 e. The molecule has 4 unspecified atom stereocenters. The number of likely N-dealkylation sites (tertiary alicyclic amines) is 1. The lowest BCUT2D eigenvalue weighted by molar-refractivity contribution is -0.142. The highest BCUT2D eigenvalue weighted by atomic mass is 19.1. The van der Waals surface area contributed by atoms with Crippen LogP contribution in [0.15, 0.2) is 18.2 Å². The fourth-order valence-corrected chi connectivity index (χ4v) is 4.34. The smallest absolute Gasteiger partial charge is 0.320 e. The molecule has 0 amide bonds. The lowest BCUT2D eigenvalue weighted by Crippen LogP contribution is -2.44. The third-order valence-electron chi connectivity index (χ3n) is 5.44. The van der Waals surface area contributed by atoms with E-state index in [1.807, 2.05) is 6.92 Å². The molecule has 3 rings (SSSR count). The Labute approximate surface area is 135 Å². The summed E-state index contributed by atoms with van der Waals surface area (Å²) >= 11 is 0. The zero-order chi connectivity index (χ0) is 16.6. The van der Waals surface area contributed by atoms with E-state index in [1.165, 1.54) is 18.6 Å². The zero-order valence-electron chi connectivity index (χ0n) is 13.3. The van der Waals surface area contributed by atoms with Gasteiger partial charge in [0.25, 0.3) is 0 Å². The predicted octanol–water partition coefficient (Wildman–Crippen LogP) is 3.79. The van der Waals surface area contributed by atoms with Gasteiger partial charge >= 0.3 is 5.97 Å². The number of fused-ring (bicyclic) bond motifs is 1. The number of rotatable bonds is 4. The Balaban J connectivity index is 1.79. The molecule has 0 radical (unpaired) electrons. The summed E-state index contributed by atoms with van der Waals surface area (Å²) in [7, 11) is 0. The number of benzene rings is 1. The van der Waals surface area contributed by atoms with Gasteiger partial charge in [-0.05, 0) is 48.8 Å². The van der Waals surface area contributed by atoms with Crippen molar-refractivity contribution in [1.29, 1.82) is 0 Å². The number of hydrogen-bond acceptors (Lipinski definition) is 2. The Bertz CT molecular complexity index is 572. The minimum atomic E-state index is -0.781. The molecule has 2 aliphatic rings. The van der Waals surface area contributed by atoms with Gasteiger partial charge in [-0.3, -0.25) is 9.69 Å². The van der Waals surface area contributed by atoms with E-state index in [9.17, 15) is 18.7 Å². The molecule has 1 aliphatic heterocycles. The van der Waals surface area contributed by atoms with E-state index in [2.05, 4.69) is 4.90 Å². The van der Waals surface area contributed by atoms with Crippen molar-refractivity contribution < 1.29 is 18.7 Å². The van der Waals surface area contributed by atoms with E-state index in [1.54, 1.807) is 0 Å². The lowest BCUT2D eigenvalue weighted by atomic mass is 9.84. The van der Waals surface area contributed by atoms with E-state index in [0.717, 1.165) is 25.3 Å². The van der Waals surface area contributed by atoms with Crippen LogP contribution in [0.1, 0.15) is 50.5 Å². The fourth-order valence-electron chi connectivity index (χ4n) is 4.34. The second-order valence-electron chi connectivity index (χ2n) is 7.00. The minimum Gasteiger partial charge on any atom is -0.480 e. The quantitative estimate of drug-likeness (QED) is 0.916. The van der Waals surface area contributed by atoms with Crippen LogP contribution < -0.4 is 0 Å². The van der Waals surface area contributed by atoms with E-state index in [-0.39, 0.29) is 5.92 Å². The van der Waals surface area contributed by atoms with E-state index in [4.69, 9.17) is 0 Å². The lowest BCUT2D eigenvalue weighted by Gasteiger charge is -2.34. The number of carboxylic acid groups (broad SMARTS) is 1. The molecule has 5 heteroatoms. The van der Waals surface area contributed by atoms with Crippen molar-refractivity contribution in [3.05, 3.63) is 35.4 Å². The summed E-state index contributed by atoms with van der Waals surface area (Å²) in [5.74, 6) is -1.61. The number of carbonyl (C=O) groups is 1. The summed E-state index contributed by atoms with van der Waals surface area (Å²) in [5.41, 5.74) is 0.589. The van der Waals surface area contributed by atoms with Gasteiger partial charge in [-0.2, -0.15) is 0 Å². The molecule has 1 N–H and O–H groups in total. The summed E-state index contributed by atoms with van der Waals surface area (Å²) in [5, 5.41) is 9.54. The highest BCUT2D eigenvalue weighted by Crippen LogP contribution is 2.40. The van der Waals surface area contributed by atoms with Gasteiger partial charge in [0.05, 0.1) is 0 Å². The first-order valence-electron chi connectivity index (χ1n) is 8.40. The Hall–Kier alpha value is -1.49. The summed E-state index contributed by atoms with van der Waals surface area (Å²) < 4.78 is 26.9. The highest BCUT2D eigenvalue weighted by Gasteiger charge is 2.45. The Morgan fingerprint density at radius 3 is 2.57 bits per heavy atom. The number of aliphatic carboxylic acids is 1. The normalized spacial score (nSPS) is 29.3. The van der Waals surface area contributed by atoms with Gasteiger partial charge in [0.1, 0.15) is 17.7 Å². The van der Waals surface area contributed by atoms with Crippen molar-refractivity contribution >= 4 is 5.97 Å². The van der Waals surface area contributed by atoms with Crippen LogP contribution in [0.2, 0.25) is 0 Å². The molecule has 1 aliphatic carbocycles. The average molecular weight is 323 g/mol. The van der Waals surface area contributed by atoms with Gasteiger partial charge < -0.3 is 5.11 Å². The van der Waals surface area contributed by atoms with Crippen LogP contribution in [0.4, 0.5) is 8.78 Å². The number of carboxylic acids is 1. The van der Waals surface area contributed by atoms with Gasteiger partial charge in [0.2, 0.25) is 0 Å². The van der Waals surface area contributed by atoms with Crippen LogP contribution in [0, 0.1) is 17.6 Å². The van der Waals surface area contributed by atoms with Crippen molar-refractivity contribution in [3.63, 3.8) is 0 Å². The maximum absolute atomic E-state index is 13.4. The fraction of sp³-hybridized carbons (Fsp3) is 0.611. The summed E-state index contributed by atoms with van der Waals surface area (Å²) in [4.78, 5) is 13.7. The van der Waals surface area contributed by atoms with Gasteiger partial charge in [-0.25, -0.2) is 8.78 Å². The molecule has 1 heterocycles. The molecule has 1 saturated carbocycles. The second-order valence-corrected chi connectivity index (χ2v) is 7.00. The molecule has 0 aromatic heterocycles. The van der Waals surface area contributed by atoms with Gasteiger partial charge in [-0.1, -0.05) is 19.8 Å². The highest BCUT2D eigenvalue weighted by molar-refractivity contribution is 5.74. The van der Waals surface area contributed by atoms with Crippen molar-refractivity contribution in [2.45, 2.75) is 57.0 Å². The number of nitrogens with zero attached hydrogens (tertiary/aromatic N) is 1. The molecular formula is C18H23F2NO2. The third-order valence-corrected chi connectivity index (χ3v) is 5.44. The molecule has 1 aromatic rings. The van der Waals surface area contributed by atoms with Crippen LogP contribution in [-0.4, -0.2) is 34.6 Å². The maximum atomic E-state index is 13.4. The SMILES string of the molecule is CC(CN1C(C(=O)O)CC2CCCCC21)c1cc(F)cc(F)c1. The first kappa shape index (κ1) is 16.4. The summed E-state index contributed by atoms with van der Waals surface area (Å²) in [6.07, 6.45) is 5.12. The van der Waals surface area contributed by atoms with Crippen molar-refractivity contribution in [3.8, 4) is 0 Å². The minimum absolute atomic E-state index is 0.109. The van der Waals surface area contributed by atoms with Gasteiger partial charge in [0.15, 0.2) is 0 Å². The predicted molar refractivity (Wildman–Crippen MR) is 83.3 cm³/mol. The van der Waals surface area contributed by atoms with Gasteiger partial charge in [-0.15, -0.1) is 0 Å². The molecule has 2 fully saturated rings. The molecular weight excluding hydrogens is 300 g/mol. The van der Waals surface area contributed by atoms with E-state index < -0.39 is 23.6 Å². The van der Waals surface area contributed by atoms with Gasteiger partial charge in [0, 0.05) is 18.7 Å². The monoisotopic (exact) mass is 323 g/mol. The average Bonchev–Trinajstić information content (AvgIpc) is 2.85. The van der Waals surface area contributed by atoms with Crippen molar-refractivity contribution in [2.75, 3.05) is 6.54 Å². The third kappa shape index (κ3) is 3.39. The molecule has 0 spiro atoms. The Morgan fingerprint density at radius 2 is 1.91 bits per heavy atom.